The summed E-state index contributed by atoms with van der Waals surface area (Å²) in [5, 5.41) is 3.81. The predicted molar refractivity (Wildman–Crippen MR) is 90.0 cm³/mol. The fraction of sp³-hybridized carbons (Fsp3) is 0.235. The van der Waals surface area contributed by atoms with Crippen LogP contribution in [0.5, 0.6) is 0 Å². The molecular formula is C17H16FN5O. The van der Waals surface area contributed by atoms with Crippen molar-refractivity contribution < 1.29 is 9.13 Å². The third-order valence-electron chi connectivity index (χ3n) is 3.96. The lowest BCUT2D eigenvalue weighted by atomic mass is 10.2. The summed E-state index contributed by atoms with van der Waals surface area (Å²) in [6.45, 7) is 3.13. The number of nitrogens with zero attached hydrogens (tertiary/aromatic N) is 4. The molecule has 0 saturated carbocycles. The number of ether oxygens (including phenoxy) is 1. The topological polar surface area (TPSA) is 63.2 Å². The Morgan fingerprint density at radius 1 is 1.04 bits per heavy atom. The lowest BCUT2D eigenvalue weighted by Gasteiger charge is -2.27. The van der Waals surface area contributed by atoms with Crippen molar-refractivity contribution in [3.8, 4) is 0 Å². The van der Waals surface area contributed by atoms with Crippen LogP contribution in [0.1, 0.15) is 0 Å². The first-order valence-electron chi connectivity index (χ1n) is 7.76. The lowest BCUT2D eigenvalue weighted by molar-refractivity contribution is 0.122. The zero-order valence-corrected chi connectivity index (χ0v) is 12.9. The highest BCUT2D eigenvalue weighted by Crippen LogP contribution is 2.25. The fourth-order valence-corrected chi connectivity index (χ4v) is 2.73. The maximum Gasteiger partial charge on any atom is 0.149 e. The first kappa shape index (κ1) is 14.8. The van der Waals surface area contributed by atoms with Gasteiger partial charge in [0.25, 0.3) is 0 Å². The highest BCUT2D eigenvalue weighted by atomic mass is 19.1. The van der Waals surface area contributed by atoms with E-state index in [0.29, 0.717) is 16.7 Å². The number of anilines is 3. The van der Waals surface area contributed by atoms with E-state index in [9.17, 15) is 4.39 Å². The van der Waals surface area contributed by atoms with E-state index in [0.717, 1.165) is 37.8 Å². The number of hydrogen-bond acceptors (Lipinski definition) is 6. The Balaban J connectivity index is 1.58. The molecule has 6 nitrogen and oxygen atoms in total. The van der Waals surface area contributed by atoms with Crippen LogP contribution in [0.3, 0.4) is 0 Å². The summed E-state index contributed by atoms with van der Waals surface area (Å²) in [6.07, 6.45) is 3.10. The molecule has 1 N–H and O–H groups in total. The average molecular weight is 325 g/mol. The van der Waals surface area contributed by atoms with Crippen LogP contribution in [-0.2, 0) is 4.74 Å². The van der Waals surface area contributed by atoms with Crippen LogP contribution >= 0.6 is 0 Å². The Hall–Kier alpha value is -2.80. The van der Waals surface area contributed by atoms with Crippen LogP contribution in [0.15, 0.2) is 42.9 Å². The van der Waals surface area contributed by atoms with E-state index in [4.69, 9.17) is 4.74 Å². The molecule has 3 heterocycles. The van der Waals surface area contributed by atoms with Gasteiger partial charge in [-0.2, -0.15) is 0 Å². The van der Waals surface area contributed by atoms with Crippen molar-refractivity contribution in [3.63, 3.8) is 0 Å². The molecule has 1 fully saturated rings. The molecule has 0 unspecified atom stereocenters. The highest BCUT2D eigenvalue weighted by Gasteiger charge is 2.12. The number of nitrogens with one attached hydrogen (secondary N) is 1. The van der Waals surface area contributed by atoms with Crippen molar-refractivity contribution in [1.82, 2.24) is 15.0 Å². The van der Waals surface area contributed by atoms with Crippen LogP contribution in [-0.4, -0.2) is 41.3 Å². The Labute approximate surface area is 138 Å². The van der Waals surface area contributed by atoms with Crippen LogP contribution in [0.2, 0.25) is 0 Å². The number of rotatable bonds is 3. The first-order chi connectivity index (χ1) is 11.8. The quantitative estimate of drug-likeness (QED) is 0.799. The molecule has 1 saturated heterocycles. The van der Waals surface area contributed by atoms with E-state index in [2.05, 4.69) is 25.2 Å². The van der Waals surface area contributed by atoms with Crippen molar-refractivity contribution in [3.05, 3.63) is 48.7 Å². The van der Waals surface area contributed by atoms with Crippen LogP contribution < -0.4 is 10.2 Å². The average Bonchev–Trinajstić information content (AvgIpc) is 2.64. The highest BCUT2D eigenvalue weighted by molar-refractivity contribution is 5.90. The molecule has 0 atom stereocenters. The Morgan fingerprint density at radius 2 is 1.92 bits per heavy atom. The van der Waals surface area contributed by atoms with E-state index in [-0.39, 0.29) is 5.82 Å². The largest absolute Gasteiger partial charge is 0.378 e. The van der Waals surface area contributed by atoms with E-state index in [1.54, 1.807) is 18.3 Å². The zero-order valence-electron chi connectivity index (χ0n) is 12.9. The monoisotopic (exact) mass is 325 g/mol. The number of fused-ring (bicyclic) bond motifs is 1. The van der Waals surface area contributed by atoms with Crippen LogP contribution in [0, 0.1) is 5.82 Å². The molecular weight excluding hydrogens is 309 g/mol. The number of aromatic nitrogens is 3. The summed E-state index contributed by atoms with van der Waals surface area (Å²) in [4.78, 5) is 14.9. The first-order valence-corrected chi connectivity index (χ1v) is 7.76. The summed E-state index contributed by atoms with van der Waals surface area (Å²) in [7, 11) is 0. The van der Waals surface area contributed by atoms with Crippen molar-refractivity contribution in [2.24, 2.45) is 0 Å². The lowest BCUT2D eigenvalue weighted by Crippen LogP contribution is -2.36. The van der Waals surface area contributed by atoms with Crippen LogP contribution in [0.4, 0.5) is 21.7 Å². The third-order valence-corrected chi connectivity index (χ3v) is 3.96. The van der Waals surface area contributed by atoms with E-state index >= 15 is 0 Å². The molecule has 0 amide bonds. The minimum Gasteiger partial charge on any atom is -0.378 e. The van der Waals surface area contributed by atoms with Crippen molar-refractivity contribution in [2.75, 3.05) is 36.5 Å². The van der Waals surface area contributed by atoms with Gasteiger partial charge in [-0.05, 0) is 24.3 Å². The Morgan fingerprint density at radius 3 is 2.71 bits per heavy atom. The van der Waals surface area contributed by atoms with Crippen molar-refractivity contribution in [1.29, 1.82) is 0 Å². The summed E-state index contributed by atoms with van der Waals surface area (Å²) in [5.41, 5.74) is 1.09. The van der Waals surface area contributed by atoms with Gasteiger partial charge in [0.05, 0.1) is 25.1 Å². The summed E-state index contributed by atoms with van der Waals surface area (Å²) >= 11 is 0. The minimum absolute atomic E-state index is 0.299. The minimum atomic E-state index is -0.362. The second kappa shape index (κ2) is 6.37. The van der Waals surface area contributed by atoms with Gasteiger partial charge in [-0.15, -0.1) is 0 Å². The van der Waals surface area contributed by atoms with Gasteiger partial charge in [-0.3, -0.25) is 0 Å². The Bertz CT molecular complexity index is 849. The zero-order chi connectivity index (χ0) is 16.4. The summed E-state index contributed by atoms with van der Waals surface area (Å²) in [6, 6.07) is 8.71. The van der Waals surface area contributed by atoms with Crippen molar-refractivity contribution >= 4 is 28.2 Å². The van der Waals surface area contributed by atoms with E-state index in [1.807, 2.05) is 12.1 Å². The number of benzene rings is 1. The molecule has 0 aliphatic carbocycles. The molecule has 122 valence electrons. The molecule has 0 spiro atoms. The second-order valence-corrected chi connectivity index (χ2v) is 5.49. The van der Waals surface area contributed by atoms with Gasteiger partial charge >= 0.3 is 0 Å². The molecule has 3 aromatic rings. The standard InChI is InChI=1S/C17H16FN5O/c18-14-3-1-2-13-16(14)20-11-21-17(13)22-12-4-5-15(19-10-12)23-6-8-24-9-7-23/h1-5,10-11H,6-9H2,(H,20,21,22). The van der Waals surface area contributed by atoms with E-state index in [1.165, 1.54) is 12.4 Å². The maximum atomic E-state index is 13.8. The normalized spacial score (nSPS) is 14.8. The molecule has 4 rings (SSSR count). The smallest absolute Gasteiger partial charge is 0.149 e. The fourth-order valence-electron chi connectivity index (χ4n) is 2.73. The van der Waals surface area contributed by atoms with Crippen LogP contribution in [0.25, 0.3) is 10.9 Å². The summed E-state index contributed by atoms with van der Waals surface area (Å²) in [5.74, 6) is 1.11. The molecule has 1 aromatic carbocycles. The number of hydrogen-bond donors (Lipinski definition) is 1. The summed E-state index contributed by atoms with van der Waals surface area (Å²) < 4.78 is 19.2. The number of halogens is 1. The molecule has 7 heteroatoms. The van der Waals surface area contributed by atoms with E-state index < -0.39 is 0 Å². The van der Waals surface area contributed by atoms with Gasteiger partial charge in [-0.25, -0.2) is 19.3 Å². The van der Waals surface area contributed by atoms with Gasteiger partial charge in [0, 0.05) is 18.5 Å². The number of para-hydroxylation sites is 1. The Kier molecular flexibility index (Phi) is 3.92. The van der Waals surface area contributed by atoms with Gasteiger partial charge in [0.1, 0.15) is 29.3 Å². The van der Waals surface area contributed by atoms with Gasteiger partial charge in [0.2, 0.25) is 0 Å². The SMILES string of the molecule is Fc1cccc2c(Nc3ccc(N4CCOCC4)nc3)ncnc12. The molecule has 24 heavy (non-hydrogen) atoms. The predicted octanol–water partition coefficient (Wildman–Crippen LogP) is 2.74. The molecule has 1 aliphatic rings. The molecule has 1 aliphatic heterocycles. The van der Waals surface area contributed by atoms with Crippen molar-refractivity contribution in [2.45, 2.75) is 0 Å². The molecule has 0 radical (unpaired) electrons. The molecule has 2 aromatic heterocycles. The number of morpholine rings is 1. The third kappa shape index (κ3) is 2.85. The molecule has 0 bridgehead atoms. The van der Waals surface area contributed by atoms with Gasteiger partial charge in [-0.1, -0.05) is 6.07 Å². The second-order valence-electron chi connectivity index (χ2n) is 5.49. The number of pyridine rings is 1. The van der Waals surface area contributed by atoms with Gasteiger partial charge < -0.3 is 15.0 Å². The van der Waals surface area contributed by atoms with Gasteiger partial charge in [0.15, 0.2) is 0 Å². The maximum absolute atomic E-state index is 13.8.